The van der Waals surface area contributed by atoms with E-state index in [1.807, 2.05) is 6.07 Å². The van der Waals surface area contributed by atoms with Crippen LogP contribution in [0.15, 0.2) is 18.2 Å². The fourth-order valence-corrected chi connectivity index (χ4v) is 3.19. The highest BCUT2D eigenvalue weighted by atomic mass is 35.5. The van der Waals surface area contributed by atoms with Crippen molar-refractivity contribution in [3.05, 3.63) is 37.1 Å². The number of nitrogens with zero attached hydrogens (tertiary/aromatic N) is 1. The van der Waals surface area contributed by atoms with Crippen molar-refractivity contribution in [2.24, 2.45) is 0 Å². The molecule has 2 aromatic rings. The first-order chi connectivity index (χ1) is 9.52. The molecular weight excluding hydrogens is 337 g/mol. The molecule has 1 amide bonds. The Balaban J connectivity index is 2.50. The number of carbonyl (C=O) groups is 1. The number of aromatic amines is 1. The lowest BCUT2D eigenvalue weighted by Gasteiger charge is -2.05. The maximum absolute atomic E-state index is 12.0. The summed E-state index contributed by atoms with van der Waals surface area (Å²) >= 11 is 18.2. The molecule has 102 valence electrons. The van der Waals surface area contributed by atoms with E-state index < -0.39 is 0 Å². The Hall–Kier alpha value is -1.39. The number of rotatable bonds is 3. The van der Waals surface area contributed by atoms with Crippen molar-refractivity contribution < 1.29 is 4.79 Å². The first-order valence-corrected chi connectivity index (χ1v) is 7.34. The normalized spacial score (nSPS) is 10.1. The van der Waals surface area contributed by atoms with Crippen molar-refractivity contribution in [1.29, 1.82) is 5.26 Å². The molecule has 0 atom stereocenters. The van der Waals surface area contributed by atoms with Crippen molar-refractivity contribution in [1.82, 2.24) is 10.3 Å². The number of benzene rings is 1. The molecule has 0 aliphatic heterocycles. The summed E-state index contributed by atoms with van der Waals surface area (Å²) < 4.78 is 0.452. The van der Waals surface area contributed by atoms with Gasteiger partial charge < -0.3 is 10.3 Å². The lowest BCUT2D eigenvalue weighted by Crippen LogP contribution is -2.23. The average molecular weight is 344 g/mol. The van der Waals surface area contributed by atoms with Gasteiger partial charge in [0.2, 0.25) is 0 Å². The molecule has 1 aromatic carbocycles. The zero-order valence-corrected chi connectivity index (χ0v) is 13.0. The van der Waals surface area contributed by atoms with Gasteiger partial charge >= 0.3 is 0 Å². The lowest BCUT2D eigenvalue weighted by molar-refractivity contribution is 0.0963. The predicted molar refractivity (Wildman–Crippen MR) is 82.9 cm³/mol. The number of nitrogens with one attached hydrogen (secondary N) is 2. The van der Waals surface area contributed by atoms with Crippen LogP contribution in [-0.2, 0) is 0 Å². The Morgan fingerprint density at radius 3 is 2.90 bits per heavy atom. The number of hydrogen-bond acceptors (Lipinski definition) is 4. The van der Waals surface area contributed by atoms with Crippen LogP contribution in [0.25, 0.3) is 11.3 Å². The molecule has 0 saturated heterocycles. The SMILES string of the molecule is N#CCNC(=O)c1sc(=S)[nH]c1-c1ccc(Cl)cc1Cl. The molecule has 1 aromatic heterocycles. The zero-order valence-electron chi connectivity index (χ0n) is 9.87. The summed E-state index contributed by atoms with van der Waals surface area (Å²) in [6.45, 7) is -0.0721. The number of H-pyrrole nitrogens is 1. The Kier molecular flexibility index (Phi) is 4.78. The Labute approximate surface area is 134 Å². The molecule has 0 unspecified atom stereocenters. The van der Waals surface area contributed by atoms with E-state index in [2.05, 4.69) is 10.3 Å². The zero-order chi connectivity index (χ0) is 14.7. The quantitative estimate of drug-likeness (QED) is 0.652. The van der Waals surface area contributed by atoms with Crippen LogP contribution < -0.4 is 5.32 Å². The van der Waals surface area contributed by atoms with E-state index in [1.165, 1.54) is 0 Å². The third-order valence-electron chi connectivity index (χ3n) is 2.38. The van der Waals surface area contributed by atoms with E-state index in [9.17, 15) is 4.79 Å². The van der Waals surface area contributed by atoms with Crippen molar-refractivity contribution in [3.8, 4) is 17.3 Å². The van der Waals surface area contributed by atoms with E-state index in [4.69, 9.17) is 40.7 Å². The summed E-state index contributed by atoms with van der Waals surface area (Å²) in [7, 11) is 0. The van der Waals surface area contributed by atoms with Gasteiger partial charge in [0, 0.05) is 10.6 Å². The van der Waals surface area contributed by atoms with Gasteiger partial charge in [-0.25, -0.2) is 0 Å². The topological polar surface area (TPSA) is 68.7 Å². The molecule has 2 rings (SSSR count). The fourth-order valence-electron chi connectivity index (χ4n) is 1.57. The predicted octanol–water partition coefficient (Wildman–Crippen LogP) is 4.03. The molecule has 20 heavy (non-hydrogen) atoms. The lowest BCUT2D eigenvalue weighted by atomic mass is 10.1. The maximum Gasteiger partial charge on any atom is 0.264 e. The Morgan fingerprint density at radius 2 is 2.25 bits per heavy atom. The fraction of sp³-hybridized carbons (Fsp3) is 0.0833. The molecule has 0 bridgehead atoms. The van der Waals surface area contributed by atoms with Crippen molar-refractivity contribution in [2.45, 2.75) is 0 Å². The largest absolute Gasteiger partial charge is 0.338 e. The van der Waals surface area contributed by atoms with Crippen LogP contribution in [0.1, 0.15) is 9.67 Å². The first-order valence-electron chi connectivity index (χ1n) is 5.36. The van der Waals surface area contributed by atoms with E-state index in [-0.39, 0.29) is 12.5 Å². The summed E-state index contributed by atoms with van der Waals surface area (Å²) in [6, 6.07) is 6.82. The van der Waals surface area contributed by atoms with Gasteiger partial charge in [-0.1, -0.05) is 34.5 Å². The van der Waals surface area contributed by atoms with Crippen molar-refractivity contribution in [2.75, 3.05) is 6.54 Å². The maximum atomic E-state index is 12.0. The highest BCUT2D eigenvalue weighted by molar-refractivity contribution is 7.73. The molecule has 0 fully saturated rings. The molecule has 8 heteroatoms. The van der Waals surface area contributed by atoms with E-state index in [1.54, 1.807) is 18.2 Å². The van der Waals surface area contributed by atoms with Gasteiger partial charge in [-0.15, -0.1) is 0 Å². The number of hydrogen-bond donors (Lipinski definition) is 2. The highest BCUT2D eigenvalue weighted by Crippen LogP contribution is 2.33. The van der Waals surface area contributed by atoms with Gasteiger partial charge in [0.25, 0.3) is 5.91 Å². The van der Waals surface area contributed by atoms with Crippen LogP contribution in [0.2, 0.25) is 10.0 Å². The standard InChI is InChI=1S/C12H7Cl2N3OS2/c13-6-1-2-7(8(14)5-6)9-10(20-12(19)17-9)11(18)16-4-3-15/h1-2,5H,4H2,(H,16,18)(H,17,19). The van der Waals surface area contributed by atoms with Crippen molar-refractivity contribution in [3.63, 3.8) is 0 Å². The molecule has 0 spiro atoms. The minimum Gasteiger partial charge on any atom is -0.338 e. The van der Waals surface area contributed by atoms with Crippen LogP contribution in [-0.4, -0.2) is 17.4 Å². The van der Waals surface area contributed by atoms with Crippen LogP contribution in [0, 0.1) is 15.3 Å². The monoisotopic (exact) mass is 343 g/mol. The van der Waals surface area contributed by atoms with Crippen LogP contribution in [0.4, 0.5) is 0 Å². The molecule has 0 aliphatic carbocycles. The molecule has 2 N–H and O–H groups in total. The minimum absolute atomic E-state index is 0.0721. The van der Waals surface area contributed by atoms with Gasteiger partial charge in [-0.3, -0.25) is 4.79 Å². The molecule has 4 nitrogen and oxygen atoms in total. The Bertz CT molecular complexity index is 761. The van der Waals surface area contributed by atoms with Gasteiger partial charge in [0.1, 0.15) is 11.4 Å². The number of amides is 1. The summed E-state index contributed by atoms with van der Waals surface area (Å²) in [5, 5.41) is 11.9. The third-order valence-corrected chi connectivity index (χ3v) is 4.16. The summed E-state index contributed by atoms with van der Waals surface area (Å²) in [4.78, 5) is 15.3. The van der Waals surface area contributed by atoms with Gasteiger partial charge in [-0.2, -0.15) is 5.26 Å². The molecule has 0 radical (unpaired) electrons. The third kappa shape index (κ3) is 3.19. The molecule has 1 heterocycles. The summed E-state index contributed by atoms with van der Waals surface area (Å²) in [5.41, 5.74) is 1.16. The smallest absolute Gasteiger partial charge is 0.264 e. The average Bonchev–Trinajstić information content (AvgIpc) is 2.78. The molecular formula is C12H7Cl2N3OS2. The van der Waals surface area contributed by atoms with Gasteiger partial charge in [-0.05, 0) is 30.4 Å². The number of carbonyl (C=O) groups excluding carboxylic acids is 1. The first kappa shape index (κ1) is 15.0. The van der Waals surface area contributed by atoms with Crippen LogP contribution in [0.3, 0.4) is 0 Å². The summed E-state index contributed by atoms with van der Waals surface area (Å²) in [6.07, 6.45) is 0. The van der Waals surface area contributed by atoms with E-state index >= 15 is 0 Å². The summed E-state index contributed by atoms with van der Waals surface area (Å²) in [5.74, 6) is -0.370. The van der Waals surface area contributed by atoms with Gasteiger partial charge in [0.05, 0.1) is 16.8 Å². The van der Waals surface area contributed by atoms with Crippen LogP contribution >= 0.6 is 46.8 Å². The number of nitriles is 1. The second kappa shape index (κ2) is 6.37. The number of halogens is 2. The van der Waals surface area contributed by atoms with Crippen molar-refractivity contribution >= 4 is 52.7 Å². The molecule has 0 saturated carbocycles. The van der Waals surface area contributed by atoms with E-state index in [0.717, 1.165) is 11.3 Å². The second-order valence-corrected chi connectivity index (χ2v) is 6.21. The number of thiazole rings is 1. The molecule has 0 aliphatic rings. The number of aromatic nitrogens is 1. The van der Waals surface area contributed by atoms with Gasteiger partial charge in [0.15, 0.2) is 3.95 Å². The van der Waals surface area contributed by atoms with E-state index in [0.29, 0.717) is 30.1 Å². The highest BCUT2D eigenvalue weighted by Gasteiger charge is 2.18. The Morgan fingerprint density at radius 1 is 1.50 bits per heavy atom. The second-order valence-electron chi connectivity index (χ2n) is 3.68. The minimum atomic E-state index is -0.370. The van der Waals surface area contributed by atoms with Crippen LogP contribution in [0.5, 0.6) is 0 Å².